The lowest BCUT2D eigenvalue weighted by Gasteiger charge is -2.19. The second-order valence-electron chi connectivity index (χ2n) is 8.09. The number of benzene rings is 3. The Balaban J connectivity index is 1.75. The zero-order chi connectivity index (χ0) is 23.8. The fourth-order valence-corrected chi connectivity index (χ4v) is 4.33. The number of hydrogen-bond donors (Lipinski definition) is 1. The summed E-state index contributed by atoms with van der Waals surface area (Å²) in [5, 5.41) is 0. The van der Waals surface area contributed by atoms with Gasteiger partial charge in [-0.3, -0.25) is 13.9 Å². The van der Waals surface area contributed by atoms with Crippen molar-refractivity contribution in [2.45, 2.75) is 18.6 Å². The van der Waals surface area contributed by atoms with Crippen LogP contribution < -0.4 is 21.7 Å². The fraction of sp³-hybridized carbons (Fsp3) is 0.154. The standard InChI is InChI=1S/C26H21F2N3O3/c27-19-12-6-4-10-17(19)22-15-34-25-23(18-11-5-7-13-20(18)28)24(32)30(26(33)31(22)25)14-21(29)16-8-2-1-3-9-16/h1-13,21-22H,14-15,29H2/t21-,22?/m0/s1. The number of halogens is 2. The molecule has 0 fully saturated rings. The van der Waals surface area contributed by atoms with Gasteiger partial charge in [-0.15, -0.1) is 0 Å². The highest BCUT2D eigenvalue weighted by molar-refractivity contribution is 5.69. The van der Waals surface area contributed by atoms with Crippen LogP contribution in [0.4, 0.5) is 8.78 Å². The van der Waals surface area contributed by atoms with E-state index in [-0.39, 0.29) is 35.7 Å². The first kappa shape index (κ1) is 21.8. The molecule has 1 unspecified atom stereocenters. The maximum atomic E-state index is 14.8. The summed E-state index contributed by atoms with van der Waals surface area (Å²) >= 11 is 0. The summed E-state index contributed by atoms with van der Waals surface area (Å²) in [6.07, 6.45) is 0. The molecular formula is C26H21F2N3O3. The molecule has 3 aromatic carbocycles. The predicted octanol–water partition coefficient (Wildman–Crippen LogP) is 3.64. The van der Waals surface area contributed by atoms with Crippen LogP contribution in [0.25, 0.3) is 11.1 Å². The van der Waals surface area contributed by atoms with E-state index in [1.165, 1.54) is 28.8 Å². The van der Waals surface area contributed by atoms with Crippen LogP contribution in [0.5, 0.6) is 5.88 Å². The number of aromatic nitrogens is 2. The first-order chi connectivity index (χ1) is 16.5. The van der Waals surface area contributed by atoms with E-state index in [9.17, 15) is 18.4 Å². The van der Waals surface area contributed by atoms with Crippen LogP contribution in [0, 0.1) is 11.6 Å². The number of fused-ring (bicyclic) bond motifs is 1. The zero-order valence-electron chi connectivity index (χ0n) is 18.0. The third-order valence-electron chi connectivity index (χ3n) is 6.03. The van der Waals surface area contributed by atoms with Gasteiger partial charge in [0, 0.05) is 17.2 Å². The van der Waals surface area contributed by atoms with Gasteiger partial charge in [-0.1, -0.05) is 66.7 Å². The van der Waals surface area contributed by atoms with Gasteiger partial charge >= 0.3 is 5.69 Å². The van der Waals surface area contributed by atoms with Gasteiger partial charge in [-0.2, -0.15) is 0 Å². The lowest BCUT2D eigenvalue weighted by Crippen LogP contribution is -2.43. The summed E-state index contributed by atoms with van der Waals surface area (Å²) < 4.78 is 37.4. The molecule has 6 nitrogen and oxygen atoms in total. The molecule has 8 heteroatoms. The monoisotopic (exact) mass is 461 g/mol. The van der Waals surface area contributed by atoms with E-state index >= 15 is 0 Å². The molecule has 0 saturated carbocycles. The third kappa shape index (κ3) is 3.62. The molecule has 1 aromatic heterocycles. The summed E-state index contributed by atoms with van der Waals surface area (Å²) in [4.78, 5) is 27.1. The quantitative estimate of drug-likeness (QED) is 0.492. The molecule has 5 rings (SSSR count). The van der Waals surface area contributed by atoms with Crippen molar-refractivity contribution in [3.63, 3.8) is 0 Å². The first-order valence-electron chi connectivity index (χ1n) is 10.8. The minimum atomic E-state index is -0.825. The van der Waals surface area contributed by atoms with E-state index in [2.05, 4.69) is 0 Å². The lowest BCUT2D eigenvalue weighted by atomic mass is 10.1. The van der Waals surface area contributed by atoms with Gasteiger partial charge in [0.15, 0.2) is 0 Å². The zero-order valence-corrected chi connectivity index (χ0v) is 18.0. The number of hydrogen-bond acceptors (Lipinski definition) is 4. The average Bonchev–Trinajstić information content (AvgIpc) is 3.28. The fourth-order valence-electron chi connectivity index (χ4n) is 4.33. The van der Waals surface area contributed by atoms with Crippen molar-refractivity contribution in [3.8, 4) is 17.0 Å². The molecule has 4 aromatic rings. The van der Waals surface area contributed by atoms with Crippen LogP contribution >= 0.6 is 0 Å². The Bertz CT molecular complexity index is 1480. The SMILES string of the molecule is N[C@@H](Cn1c(=O)c(-c2ccccc2F)c2n(c1=O)C(c1ccccc1F)CO2)c1ccccc1. The van der Waals surface area contributed by atoms with Crippen molar-refractivity contribution in [3.05, 3.63) is 122 Å². The first-order valence-corrected chi connectivity index (χ1v) is 10.8. The van der Waals surface area contributed by atoms with Crippen molar-refractivity contribution in [1.29, 1.82) is 0 Å². The Morgan fingerprint density at radius 2 is 1.56 bits per heavy atom. The molecule has 0 aliphatic carbocycles. The molecule has 1 aliphatic heterocycles. The molecule has 0 saturated heterocycles. The Morgan fingerprint density at radius 3 is 2.26 bits per heavy atom. The van der Waals surface area contributed by atoms with Crippen molar-refractivity contribution in [2.24, 2.45) is 5.73 Å². The van der Waals surface area contributed by atoms with Crippen LogP contribution in [0.2, 0.25) is 0 Å². The van der Waals surface area contributed by atoms with Gasteiger partial charge in [0.1, 0.15) is 29.8 Å². The van der Waals surface area contributed by atoms with Gasteiger partial charge in [0.25, 0.3) is 5.56 Å². The Labute approximate surface area is 193 Å². The van der Waals surface area contributed by atoms with E-state index in [1.54, 1.807) is 48.5 Å². The molecule has 0 spiro atoms. The second kappa shape index (κ2) is 8.72. The normalized spacial score (nSPS) is 15.6. The van der Waals surface area contributed by atoms with E-state index in [0.29, 0.717) is 0 Å². The summed E-state index contributed by atoms with van der Waals surface area (Å²) in [6.45, 7) is -0.223. The van der Waals surface area contributed by atoms with Gasteiger partial charge in [0.05, 0.1) is 6.54 Å². The summed E-state index contributed by atoms with van der Waals surface area (Å²) in [7, 11) is 0. The molecule has 2 N–H and O–H groups in total. The average molecular weight is 461 g/mol. The van der Waals surface area contributed by atoms with Crippen molar-refractivity contribution >= 4 is 0 Å². The number of rotatable bonds is 5. The maximum absolute atomic E-state index is 14.8. The van der Waals surface area contributed by atoms with E-state index in [4.69, 9.17) is 10.5 Å². The summed E-state index contributed by atoms with van der Waals surface area (Å²) in [6, 6.07) is 19.3. The third-order valence-corrected chi connectivity index (χ3v) is 6.03. The van der Waals surface area contributed by atoms with Crippen molar-refractivity contribution < 1.29 is 13.5 Å². The lowest BCUT2D eigenvalue weighted by molar-refractivity contribution is 0.340. The molecule has 172 valence electrons. The van der Waals surface area contributed by atoms with Crippen LogP contribution in [-0.2, 0) is 6.54 Å². The topological polar surface area (TPSA) is 79.2 Å². The highest BCUT2D eigenvalue weighted by Crippen LogP contribution is 2.36. The van der Waals surface area contributed by atoms with Crippen LogP contribution in [0.3, 0.4) is 0 Å². The van der Waals surface area contributed by atoms with Crippen molar-refractivity contribution in [2.75, 3.05) is 6.61 Å². The minimum Gasteiger partial charge on any atom is -0.476 e. The molecule has 0 amide bonds. The minimum absolute atomic E-state index is 0.00698. The Kier molecular flexibility index (Phi) is 5.59. The summed E-state index contributed by atoms with van der Waals surface area (Å²) in [5.41, 5.74) is 5.77. The van der Waals surface area contributed by atoms with Gasteiger partial charge < -0.3 is 10.5 Å². The number of nitrogens with two attached hydrogens (primary N) is 1. The largest absolute Gasteiger partial charge is 0.476 e. The van der Waals surface area contributed by atoms with Crippen LogP contribution in [0.15, 0.2) is 88.5 Å². The van der Waals surface area contributed by atoms with Gasteiger partial charge in [-0.25, -0.2) is 13.6 Å². The van der Waals surface area contributed by atoms with E-state index in [1.807, 2.05) is 6.07 Å². The smallest absolute Gasteiger partial charge is 0.334 e. The predicted molar refractivity (Wildman–Crippen MR) is 124 cm³/mol. The molecule has 0 bridgehead atoms. The Hall–Kier alpha value is -4.04. The second-order valence-corrected chi connectivity index (χ2v) is 8.09. The summed E-state index contributed by atoms with van der Waals surface area (Å²) in [5.74, 6) is -1.24. The molecule has 2 atom stereocenters. The number of ether oxygens (including phenoxy) is 1. The highest BCUT2D eigenvalue weighted by atomic mass is 19.1. The van der Waals surface area contributed by atoms with Crippen molar-refractivity contribution in [1.82, 2.24) is 9.13 Å². The molecule has 0 radical (unpaired) electrons. The van der Waals surface area contributed by atoms with Gasteiger partial charge in [-0.05, 0) is 17.7 Å². The molecular weight excluding hydrogens is 440 g/mol. The van der Waals surface area contributed by atoms with Crippen LogP contribution in [0.1, 0.15) is 23.2 Å². The highest BCUT2D eigenvalue weighted by Gasteiger charge is 2.35. The van der Waals surface area contributed by atoms with Crippen LogP contribution in [-0.4, -0.2) is 15.7 Å². The molecule has 34 heavy (non-hydrogen) atoms. The maximum Gasteiger partial charge on any atom is 0.334 e. The van der Waals surface area contributed by atoms with E-state index in [0.717, 1.165) is 10.1 Å². The number of nitrogens with zero attached hydrogens (tertiary/aromatic N) is 2. The Morgan fingerprint density at radius 1 is 0.912 bits per heavy atom. The van der Waals surface area contributed by atoms with Gasteiger partial charge in [0.2, 0.25) is 5.88 Å². The van der Waals surface area contributed by atoms with E-state index < -0.39 is 35.0 Å². The molecule has 1 aliphatic rings. The molecule has 2 heterocycles.